The van der Waals surface area contributed by atoms with Gasteiger partial charge in [-0.1, -0.05) is 34.1 Å². The van der Waals surface area contributed by atoms with Crippen molar-refractivity contribution in [2.75, 3.05) is 13.7 Å². The minimum absolute atomic E-state index is 0.0963. The Morgan fingerprint density at radius 3 is 2.76 bits per heavy atom. The molecule has 5 heteroatoms. The zero-order chi connectivity index (χ0) is 12.8. The van der Waals surface area contributed by atoms with Crippen LogP contribution >= 0.6 is 15.9 Å². The smallest absolute Gasteiger partial charge is 0.239 e. The summed E-state index contributed by atoms with van der Waals surface area (Å²) in [6.07, 6.45) is 0. The van der Waals surface area contributed by atoms with Crippen molar-refractivity contribution in [3.8, 4) is 0 Å². The molecule has 17 heavy (non-hydrogen) atoms. The van der Waals surface area contributed by atoms with Crippen LogP contribution in [0.4, 0.5) is 0 Å². The molecular weight excluding hydrogens is 284 g/mol. The highest BCUT2D eigenvalue weighted by atomic mass is 79.9. The van der Waals surface area contributed by atoms with Gasteiger partial charge in [0.2, 0.25) is 5.91 Å². The highest BCUT2D eigenvalue weighted by Crippen LogP contribution is 2.22. The maximum absolute atomic E-state index is 11.7. The number of carbonyl (C=O) groups is 1. The zero-order valence-electron chi connectivity index (χ0n) is 9.94. The first kappa shape index (κ1) is 14.2. The Balaban J connectivity index is 2.63. The number of methoxy groups -OCH3 is 1. The monoisotopic (exact) mass is 300 g/mol. The number of nitrogens with one attached hydrogen (secondary N) is 1. The number of benzene rings is 1. The van der Waals surface area contributed by atoms with E-state index in [1.807, 2.05) is 31.2 Å². The van der Waals surface area contributed by atoms with E-state index in [0.29, 0.717) is 0 Å². The van der Waals surface area contributed by atoms with Crippen molar-refractivity contribution in [1.29, 1.82) is 0 Å². The molecule has 0 fully saturated rings. The molecule has 0 aliphatic heterocycles. The fraction of sp³-hybridized carbons (Fsp3) is 0.417. The van der Waals surface area contributed by atoms with E-state index < -0.39 is 6.04 Å². The Labute approximate surface area is 110 Å². The van der Waals surface area contributed by atoms with Crippen molar-refractivity contribution in [2.24, 2.45) is 5.73 Å². The zero-order valence-corrected chi connectivity index (χ0v) is 11.5. The van der Waals surface area contributed by atoms with Crippen LogP contribution in [0.3, 0.4) is 0 Å². The predicted octanol–water partition coefficient (Wildman–Crippen LogP) is 1.60. The average molecular weight is 301 g/mol. The summed E-state index contributed by atoms with van der Waals surface area (Å²) in [5.74, 6) is -0.213. The summed E-state index contributed by atoms with van der Waals surface area (Å²) in [6, 6.07) is 7.02. The maximum atomic E-state index is 11.7. The molecule has 0 radical (unpaired) electrons. The fourth-order valence-corrected chi connectivity index (χ4v) is 2.11. The molecule has 1 aromatic carbocycles. The summed E-state index contributed by atoms with van der Waals surface area (Å²) < 4.78 is 5.81. The number of ether oxygens (including phenoxy) is 1. The molecule has 0 saturated carbocycles. The van der Waals surface area contributed by atoms with Crippen LogP contribution in [0, 0.1) is 0 Å². The predicted molar refractivity (Wildman–Crippen MR) is 70.6 cm³/mol. The Morgan fingerprint density at radius 1 is 1.53 bits per heavy atom. The quantitative estimate of drug-likeness (QED) is 0.868. The van der Waals surface area contributed by atoms with Gasteiger partial charge >= 0.3 is 0 Å². The van der Waals surface area contributed by atoms with E-state index in [2.05, 4.69) is 21.2 Å². The van der Waals surface area contributed by atoms with E-state index in [1.54, 1.807) is 0 Å². The van der Waals surface area contributed by atoms with Crippen molar-refractivity contribution in [3.63, 3.8) is 0 Å². The van der Waals surface area contributed by atoms with Crippen LogP contribution in [-0.4, -0.2) is 25.7 Å². The number of nitrogens with two attached hydrogens (primary N) is 1. The number of rotatable bonds is 5. The van der Waals surface area contributed by atoms with E-state index in [1.165, 1.54) is 7.11 Å². The van der Waals surface area contributed by atoms with Gasteiger partial charge in [-0.05, 0) is 18.6 Å². The van der Waals surface area contributed by atoms with Gasteiger partial charge < -0.3 is 15.8 Å². The highest BCUT2D eigenvalue weighted by Gasteiger charge is 2.17. The van der Waals surface area contributed by atoms with Crippen molar-refractivity contribution in [1.82, 2.24) is 5.32 Å². The summed E-state index contributed by atoms with van der Waals surface area (Å²) in [6.45, 7) is 2.13. The van der Waals surface area contributed by atoms with Crippen LogP contribution in [0.5, 0.6) is 0 Å². The van der Waals surface area contributed by atoms with Crippen LogP contribution in [-0.2, 0) is 9.53 Å². The van der Waals surface area contributed by atoms with Gasteiger partial charge in [-0.15, -0.1) is 0 Å². The molecule has 0 spiro atoms. The van der Waals surface area contributed by atoms with E-state index >= 15 is 0 Å². The number of halogens is 1. The summed E-state index contributed by atoms with van der Waals surface area (Å²) in [4.78, 5) is 11.7. The molecule has 1 rings (SSSR count). The second-order valence-electron chi connectivity index (χ2n) is 3.81. The third kappa shape index (κ3) is 4.11. The van der Waals surface area contributed by atoms with Crippen LogP contribution in [0.25, 0.3) is 0 Å². The van der Waals surface area contributed by atoms with Gasteiger partial charge in [-0.3, -0.25) is 4.79 Å². The van der Waals surface area contributed by atoms with Gasteiger partial charge in [0.1, 0.15) is 6.04 Å². The standard InChI is InChI=1S/C12H17BrN2O2/c1-8(9-5-3-4-6-10(9)13)15-12(16)11(14)7-17-2/h3-6,8,11H,7,14H2,1-2H3,(H,15,16). The lowest BCUT2D eigenvalue weighted by Gasteiger charge is -2.18. The Bertz CT molecular complexity index is 385. The van der Waals surface area contributed by atoms with E-state index in [0.717, 1.165) is 10.0 Å². The van der Waals surface area contributed by atoms with Crippen molar-refractivity contribution < 1.29 is 9.53 Å². The van der Waals surface area contributed by atoms with E-state index in [-0.39, 0.29) is 18.6 Å². The minimum atomic E-state index is -0.634. The molecule has 0 aliphatic rings. The highest BCUT2D eigenvalue weighted by molar-refractivity contribution is 9.10. The molecule has 0 aliphatic carbocycles. The largest absolute Gasteiger partial charge is 0.383 e. The third-order valence-electron chi connectivity index (χ3n) is 2.41. The van der Waals surface area contributed by atoms with Crippen LogP contribution in [0.2, 0.25) is 0 Å². The lowest BCUT2D eigenvalue weighted by molar-refractivity contribution is -0.124. The van der Waals surface area contributed by atoms with Crippen molar-refractivity contribution in [2.45, 2.75) is 19.0 Å². The van der Waals surface area contributed by atoms with Gasteiger partial charge in [0.05, 0.1) is 12.6 Å². The first-order valence-electron chi connectivity index (χ1n) is 5.35. The SMILES string of the molecule is COCC(N)C(=O)NC(C)c1ccccc1Br. The van der Waals surface area contributed by atoms with Crippen LogP contribution < -0.4 is 11.1 Å². The molecule has 2 atom stereocenters. The number of hydrogen-bond acceptors (Lipinski definition) is 3. The number of carbonyl (C=O) groups excluding carboxylic acids is 1. The minimum Gasteiger partial charge on any atom is -0.383 e. The Hall–Kier alpha value is -0.910. The second kappa shape index (κ2) is 6.74. The summed E-state index contributed by atoms with van der Waals surface area (Å²) >= 11 is 3.45. The molecule has 1 aromatic rings. The first-order valence-corrected chi connectivity index (χ1v) is 6.15. The molecule has 1 amide bonds. The molecular formula is C12H17BrN2O2. The van der Waals surface area contributed by atoms with Gasteiger partial charge in [0, 0.05) is 11.6 Å². The fourth-order valence-electron chi connectivity index (χ4n) is 1.48. The topological polar surface area (TPSA) is 64.3 Å². The number of hydrogen-bond donors (Lipinski definition) is 2. The molecule has 0 heterocycles. The van der Waals surface area contributed by atoms with Crippen LogP contribution in [0.1, 0.15) is 18.5 Å². The van der Waals surface area contributed by atoms with Gasteiger partial charge in [-0.25, -0.2) is 0 Å². The van der Waals surface area contributed by atoms with Gasteiger partial charge in [-0.2, -0.15) is 0 Å². The molecule has 0 saturated heterocycles. The molecule has 2 unspecified atom stereocenters. The Morgan fingerprint density at radius 2 is 2.18 bits per heavy atom. The lowest BCUT2D eigenvalue weighted by atomic mass is 10.1. The maximum Gasteiger partial charge on any atom is 0.239 e. The van der Waals surface area contributed by atoms with E-state index in [9.17, 15) is 4.79 Å². The van der Waals surface area contributed by atoms with Crippen molar-refractivity contribution >= 4 is 21.8 Å². The Kier molecular flexibility index (Phi) is 5.61. The average Bonchev–Trinajstić information content (AvgIpc) is 2.29. The van der Waals surface area contributed by atoms with E-state index in [4.69, 9.17) is 10.5 Å². The van der Waals surface area contributed by atoms with Crippen molar-refractivity contribution in [3.05, 3.63) is 34.3 Å². The van der Waals surface area contributed by atoms with Gasteiger partial charge in [0.15, 0.2) is 0 Å². The summed E-state index contributed by atoms with van der Waals surface area (Å²) in [7, 11) is 1.52. The molecule has 0 bridgehead atoms. The lowest BCUT2D eigenvalue weighted by Crippen LogP contribution is -2.44. The molecule has 4 nitrogen and oxygen atoms in total. The second-order valence-corrected chi connectivity index (χ2v) is 4.67. The third-order valence-corrected chi connectivity index (χ3v) is 3.14. The molecule has 94 valence electrons. The molecule has 0 aromatic heterocycles. The van der Waals surface area contributed by atoms with Gasteiger partial charge in [0.25, 0.3) is 0 Å². The van der Waals surface area contributed by atoms with Crippen LogP contribution in [0.15, 0.2) is 28.7 Å². The summed E-state index contributed by atoms with van der Waals surface area (Å²) in [5.41, 5.74) is 6.66. The first-order chi connectivity index (χ1) is 8.06. The normalized spacial score (nSPS) is 14.1. The molecule has 3 N–H and O–H groups in total. The number of amides is 1. The summed E-state index contributed by atoms with van der Waals surface area (Å²) in [5, 5.41) is 2.85.